The van der Waals surface area contributed by atoms with E-state index in [0.29, 0.717) is 21.4 Å². The predicted octanol–water partition coefficient (Wildman–Crippen LogP) is 2.41. The first kappa shape index (κ1) is 18.8. The SMILES string of the molecule is O=C(OCCOc1ccc(Cl)cc1Cl)C1=CN2CCS(=O)(=O)N=C2C=C1. The van der Waals surface area contributed by atoms with Crippen molar-refractivity contribution < 1.29 is 22.7 Å². The molecular formula is C16H14Cl2N2O5S. The molecule has 0 saturated carbocycles. The van der Waals surface area contributed by atoms with Gasteiger partial charge in [0.15, 0.2) is 0 Å². The summed E-state index contributed by atoms with van der Waals surface area (Å²) in [7, 11) is -3.43. The van der Waals surface area contributed by atoms with Crippen LogP contribution in [0.4, 0.5) is 0 Å². The molecule has 7 nitrogen and oxygen atoms in total. The fourth-order valence-electron chi connectivity index (χ4n) is 2.28. The van der Waals surface area contributed by atoms with Gasteiger partial charge in [0.25, 0.3) is 10.0 Å². The number of fused-ring (bicyclic) bond motifs is 1. The molecule has 0 unspecified atom stereocenters. The number of rotatable bonds is 5. The quantitative estimate of drug-likeness (QED) is 0.541. The van der Waals surface area contributed by atoms with Gasteiger partial charge in [-0.25, -0.2) is 13.2 Å². The van der Waals surface area contributed by atoms with Crippen molar-refractivity contribution in [2.75, 3.05) is 25.5 Å². The Kier molecular flexibility index (Phi) is 5.55. The Morgan fingerprint density at radius 2 is 2.04 bits per heavy atom. The molecular weight excluding hydrogens is 403 g/mol. The van der Waals surface area contributed by atoms with E-state index in [0.717, 1.165) is 0 Å². The highest BCUT2D eigenvalue weighted by molar-refractivity contribution is 7.90. The second-order valence-electron chi connectivity index (χ2n) is 5.41. The predicted molar refractivity (Wildman–Crippen MR) is 98.1 cm³/mol. The molecule has 0 aliphatic carbocycles. The minimum absolute atomic E-state index is 0.0261. The Morgan fingerprint density at radius 3 is 2.81 bits per heavy atom. The maximum Gasteiger partial charge on any atom is 0.339 e. The van der Waals surface area contributed by atoms with Crippen molar-refractivity contribution in [3.8, 4) is 5.75 Å². The zero-order valence-electron chi connectivity index (χ0n) is 13.4. The standard InChI is InChI=1S/C16H14Cl2N2O5S/c17-12-2-3-14(13(18)9-12)24-6-7-25-16(21)11-1-4-15-19-26(22,23)8-5-20(15)10-11/h1-4,9-10H,5-8H2. The maximum absolute atomic E-state index is 12.1. The number of ether oxygens (including phenoxy) is 2. The molecule has 2 aliphatic heterocycles. The number of carbonyl (C=O) groups is 1. The number of nitrogens with zero attached hydrogens (tertiary/aromatic N) is 2. The molecule has 0 saturated heterocycles. The summed E-state index contributed by atoms with van der Waals surface area (Å²) in [5.74, 6) is 0.0890. The number of amidine groups is 1. The number of benzene rings is 1. The van der Waals surface area contributed by atoms with E-state index in [2.05, 4.69) is 4.40 Å². The molecule has 0 atom stereocenters. The topological polar surface area (TPSA) is 85.3 Å². The number of hydrogen-bond acceptors (Lipinski definition) is 6. The summed E-state index contributed by atoms with van der Waals surface area (Å²) in [4.78, 5) is 13.7. The summed E-state index contributed by atoms with van der Waals surface area (Å²) in [5.41, 5.74) is 0.299. The monoisotopic (exact) mass is 416 g/mol. The van der Waals surface area contributed by atoms with Crippen LogP contribution in [0.5, 0.6) is 5.75 Å². The van der Waals surface area contributed by atoms with E-state index < -0.39 is 16.0 Å². The van der Waals surface area contributed by atoms with Gasteiger partial charge in [0, 0.05) is 17.8 Å². The summed E-state index contributed by atoms with van der Waals surface area (Å²) < 4.78 is 37.2. The van der Waals surface area contributed by atoms with Crippen molar-refractivity contribution in [3.63, 3.8) is 0 Å². The minimum atomic E-state index is -3.43. The Labute approximate surface area is 160 Å². The Balaban J connectivity index is 1.52. The molecule has 0 N–H and O–H groups in total. The third-order valence-corrected chi connectivity index (χ3v) is 5.22. The largest absolute Gasteiger partial charge is 0.488 e. The van der Waals surface area contributed by atoms with Crippen LogP contribution in [0, 0.1) is 0 Å². The molecule has 1 aromatic carbocycles. The van der Waals surface area contributed by atoms with E-state index in [1.54, 1.807) is 23.1 Å². The second-order valence-corrected chi connectivity index (χ2v) is 8.00. The van der Waals surface area contributed by atoms with E-state index in [-0.39, 0.29) is 31.3 Å². The summed E-state index contributed by atoms with van der Waals surface area (Å²) in [6.45, 7) is 0.386. The van der Waals surface area contributed by atoms with Crippen LogP contribution < -0.4 is 4.74 Å². The van der Waals surface area contributed by atoms with E-state index in [1.165, 1.54) is 18.4 Å². The molecule has 0 amide bonds. The summed E-state index contributed by atoms with van der Waals surface area (Å²) in [6.07, 6.45) is 4.46. The summed E-state index contributed by atoms with van der Waals surface area (Å²) >= 11 is 11.8. The number of sulfonamides is 1. The first-order chi connectivity index (χ1) is 12.3. The third-order valence-electron chi connectivity index (χ3n) is 3.53. The number of carbonyl (C=O) groups excluding carboxylic acids is 1. The first-order valence-corrected chi connectivity index (χ1v) is 9.95. The molecule has 0 bridgehead atoms. The molecule has 0 aromatic heterocycles. The summed E-state index contributed by atoms with van der Waals surface area (Å²) in [5, 5.41) is 0.867. The van der Waals surface area contributed by atoms with Gasteiger partial charge in [0.2, 0.25) is 0 Å². The zero-order valence-corrected chi connectivity index (χ0v) is 15.7. The van der Waals surface area contributed by atoms with Crippen molar-refractivity contribution in [2.45, 2.75) is 0 Å². The molecule has 138 valence electrons. The lowest BCUT2D eigenvalue weighted by molar-refractivity contribution is -0.139. The van der Waals surface area contributed by atoms with Crippen molar-refractivity contribution in [2.24, 2.45) is 4.40 Å². The van der Waals surface area contributed by atoms with Crippen LogP contribution in [0.25, 0.3) is 0 Å². The van der Waals surface area contributed by atoms with Gasteiger partial charge in [-0.15, -0.1) is 4.40 Å². The van der Waals surface area contributed by atoms with Gasteiger partial charge in [-0.3, -0.25) is 0 Å². The molecule has 10 heteroatoms. The van der Waals surface area contributed by atoms with Gasteiger partial charge < -0.3 is 14.4 Å². The fraction of sp³-hybridized carbons (Fsp3) is 0.250. The summed E-state index contributed by atoms with van der Waals surface area (Å²) in [6, 6.07) is 4.83. The van der Waals surface area contributed by atoms with Crippen LogP contribution in [0.15, 0.2) is 46.5 Å². The van der Waals surface area contributed by atoms with Gasteiger partial charge in [-0.2, -0.15) is 0 Å². The number of halogens is 2. The average molecular weight is 417 g/mol. The lowest BCUT2D eigenvalue weighted by Gasteiger charge is -2.26. The molecule has 0 spiro atoms. The molecule has 0 radical (unpaired) electrons. The van der Waals surface area contributed by atoms with Crippen LogP contribution in [-0.4, -0.2) is 50.6 Å². The van der Waals surface area contributed by atoms with E-state index in [9.17, 15) is 13.2 Å². The van der Waals surface area contributed by atoms with Crippen LogP contribution in [0.1, 0.15) is 0 Å². The van der Waals surface area contributed by atoms with Crippen molar-refractivity contribution in [1.82, 2.24) is 4.90 Å². The third kappa shape index (κ3) is 4.57. The average Bonchev–Trinajstić information content (AvgIpc) is 2.59. The van der Waals surface area contributed by atoms with Crippen LogP contribution in [0.3, 0.4) is 0 Å². The highest BCUT2D eigenvalue weighted by Crippen LogP contribution is 2.27. The van der Waals surface area contributed by atoms with Crippen LogP contribution >= 0.6 is 23.2 Å². The minimum Gasteiger partial charge on any atom is -0.488 e. The van der Waals surface area contributed by atoms with Crippen molar-refractivity contribution >= 4 is 45.0 Å². The van der Waals surface area contributed by atoms with Crippen molar-refractivity contribution in [1.29, 1.82) is 0 Å². The van der Waals surface area contributed by atoms with Crippen molar-refractivity contribution in [3.05, 3.63) is 52.2 Å². The van der Waals surface area contributed by atoms with Gasteiger partial charge in [0.1, 0.15) is 24.8 Å². The Hall–Kier alpha value is -2.03. The molecule has 2 aliphatic rings. The van der Waals surface area contributed by atoms with E-state index >= 15 is 0 Å². The lowest BCUT2D eigenvalue weighted by atomic mass is 10.2. The number of esters is 1. The Bertz CT molecular complexity index is 925. The highest BCUT2D eigenvalue weighted by Gasteiger charge is 2.25. The van der Waals surface area contributed by atoms with E-state index in [1.807, 2.05) is 0 Å². The molecule has 0 fully saturated rings. The Morgan fingerprint density at radius 1 is 1.23 bits per heavy atom. The van der Waals surface area contributed by atoms with Gasteiger partial charge in [-0.1, -0.05) is 23.2 Å². The van der Waals surface area contributed by atoms with Gasteiger partial charge in [-0.05, 0) is 30.4 Å². The molecule has 3 rings (SSSR count). The first-order valence-electron chi connectivity index (χ1n) is 7.58. The van der Waals surface area contributed by atoms with Gasteiger partial charge in [0.05, 0.1) is 16.3 Å². The van der Waals surface area contributed by atoms with Crippen LogP contribution in [0.2, 0.25) is 10.0 Å². The maximum atomic E-state index is 12.1. The zero-order chi connectivity index (χ0) is 18.7. The van der Waals surface area contributed by atoms with E-state index in [4.69, 9.17) is 32.7 Å². The van der Waals surface area contributed by atoms with Gasteiger partial charge >= 0.3 is 5.97 Å². The highest BCUT2D eigenvalue weighted by atomic mass is 35.5. The lowest BCUT2D eigenvalue weighted by Crippen LogP contribution is -2.37. The molecule has 1 aromatic rings. The fourth-order valence-corrected chi connectivity index (χ4v) is 3.72. The normalized spacial score (nSPS) is 17.8. The molecule has 2 heterocycles. The smallest absolute Gasteiger partial charge is 0.339 e. The van der Waals surface area contributed by atoms with Crippen LogP contribution in [-0.2, 0) is 19.6 Å². The molecule has 26 heavy (non-hydrogen) atoms. The second kappa shape index (κ2) is 7.69. The number of hydrogen-bond donors (Lipinski definition) is 0.